The highest BCUT2D eigenvalue weighted by atomic mass is 16.5. The maximum absolute atomic E-state index is 13.6. The molecule has 27 heavy (non-hydrogen) atoms. The molecule has 2 heterocycles. The molecule has 1 saturated carbocycles. The van der Waals surface area contributed by atoms with Gasteiger partial charge in [-0.05, 0) is 36.8 Å². The van der Waals surface area contributed by atoms with Crippen molar-refractivity contribution < 1.29 is 9.53 Å². The van der Waals surface area contributed by atoms with E-state index in [9.17, 15) is 4.79 Å². The standard InChI is InChI=1S/C23H22N2O2/c26-23(18-14-16-8-4-5-9-17(16)15-24-18)25-19-10-2-1-3-12-21(19)27-22-13-7-6-11-20(22)25/h1-5,8-10,12,14-15,19-20,22H,6-7,11,13H2/t19-,20+,22+/m0/s1. The lowest BCUT2D eigenvalue weighted by Crippen LogP contribution is -2.58. The number of rotatable bonds is 1. The highest BCUT2D eigenvalue weighted by molar-refractivity contribution is 5.97. The number of fused-ring (bicyclic) bond motifs is 3. The van der Waals surface area contributed by atoms with Crippen LogP contribution in [-0.2, 0) is 4.74 Å². The Hall–Kier alpha value is -2.88. The molecule has 3 aliphatic rings. The molecule has 1 aromatic heterocycles. The fourth-order valence-corrected chi connectivity index (χ4v) is 4.44. The lowest BCUT2D eigenvalue weighted by molar-refractivity contribution is -0.0530. The van der Waals surface area contributed by atoms with Gasteiger partial charge in [0.1, 0.15) is 23.6 Å². The minimum atomic E-state index is -0.167. The zero-order chi connectivity index (χ0) is 18.2. The molecule has 1 amide bonds. The Morgan fingerprint density at radius 2 is 1.93 bits per heavy atom. The molecule has 0 N–H and O–H groups in total. The van der Waals surface area contributed by atoms with Gasteiger partial charge in [-0.2, -0.15) is 0 Å². The second-order valence-corrected chi connectivity index (χ2v) is 7.42. The van der Waals surface area contributed by atoms with E-state index in [4.69, 9.17) is 4.74 Å². The molecule has 3 atom stereocenters. The number of nitrogens with zero attached hydrogens (tertiary/aromatic N) is 2. The average molecular weight is 358 g/mol. The third-order valence-electron chi connectivity index (χ3n) is 5.76. The Bertz CT molecular complexity index is 975. The number of carbonyl (C=O) groups excluding carboxylic acids is 1. The summed E-state index contributed by atoms with van der Waals surface area (Å²) in [6.07, 6.45) is 16.1. The van der Waals surface area contributed by atoms with Gasteiger partial charge in [-0.1, -0.05) is 55.0 Å². The van der Waals surface area contributed by atoms with Crippen LogP contribution in [0, 0.1) is 0 Å². The Labute approximate surface area is 158 Å². The fourth-order valence-electron chi connectivity index (χ4n) is 4.44. The monoisotopic (exact) mass is 358 g/mol. The van der Waals surface area contributed by atoms with Crippen molar-refractivity contribution >= 4 is 16.7 Å². The topological polar surface area (TPSA) is 42.4 Å². The van der Waals surface area contributed by atoms with E-state index >= 15 is 0 Å². The molecule has 2 aromatic rings. The highest BCUT2D eigenvalue weighted by Crippen LogP contribution is 2.37. The Kier molecular flexibility index (Phi) is 4.04. The van der Waals surface area contributed by atoms with Crippen molar-refractivity contribution in [3.63, 3.8) is 0 Å². The van der Waals surface area contributed by atoms with E-state index in [0.29, 0.717) is 5.69 Å². The Morgan fingerprint density at radius 1 is 1.07 bits per heavy atom. The van der Waals surface area contributed by atoms with Crippen LogP contribution in [-0.4, -0.2) is 34.0 Å². The number of carbonyl (C=O) groups is 1. The predicted molar refractivity (Wildman–Crippen MR) is 105 cm³/mol. The van der Waals surface area contributed by atoms with Gasteiger partial charge in [-0.25, -0.2) is 0 Å². The molecule has 4 nitrogen and oxygen atoms in total. The van der Waals surface area contributed by atoms with Gasteiger partial charge < -0.3 is 9.64 Å². The summed E-state index contributed by atoms with van der Waals surface area (Å²) in [5.74, 6) is 0.848. The van der Waals surface area contributed by atoms with E-state index in [0.717, 1.165) is 42.2 Å². The first-order valence-corrected chi connectivity index (χ1v) is 9.70. The molecule has 4 heteroatoms. The number of allylic oxidation sites excluding steroid dienone is 4. The van der Waals surface area contributed by atoms with Gasteiger partial charge in [-0.3, -0.25) is 9.78 Å². The molecule has 0 unspecified atom stereocenters. The van der Waals surface area contributed by atoms with Crippen LogP contribution >= 0.6 is 0 Å². The van der Waals surface area contributed by atoms with Gasteiger partial charge in [0, 0.05) is 11.6 Å². The fraction of sp³-hybridized carbons (Fsp3) is 0.304. The highest BCUT2D eigenvalue weighted by Gasteiger charge is 2.44. The van der Waals surface area contributed by atoms with Gasteiger partial charge in [0.15, 0.2) is 0 Å². The van der Waals surface area contributed by atoms with Gasteiger partial charge >= 0.3 is 0 Å². The van der Waals surface area contributed by atoms with Crippen molar-refractivity contribution in [2.45, 2.75) is 43.9 Å². The van der Waals surface area contributed by atoms with Crippen LogP contribution in [0.15, 0.2) is 72.7 Å². The van der Waals surface area contributed by atoms with Crippen molar-refractivity contribution in [2.24, 2.45) is 0 Å². The summed E-state index contributed by atoms with van der Waals surface area (Å²) in [6.45, 7) is 0. The Morgan fingerprint density at radius 3 is 2.85 bits per heavy atom. The van der Waals surface area contributed by atoms with Gasteiger partial charge in [-0.15, -0.1) is 0 Å². The van der Waals surface area contributed by atoms with Gasteiger partial charge in [0.05, 0.1) is 6.04 Å². The first-order valence-electron chi connectivity index (χ1n) is 9.70. The summed E-state index contributed by atoms with van der Waals surface area (Å²) in [7, 11) is 0. The first-order chi connectivity index (χ1) is 13.3. The number of hydrogen-bond donors (Lipinski definition) is 0. The molecule has 2 fully saturated rings. The molecule has 1 aliphatic heterocycles. The smallest absolute Gasteiger partial charge is 0.273 e. The van der Waals surface area contributed by atoms with E-state index in [1.165, 1.54) is 0 Å². The van der Waals surface area contributed by atoms with Crippen molar-refractivity contribution in [1.82, 2.24) is 9.88 Å². The minimum Gasteiger partial charge on any atom is -0.490 e. The largest absolute Gasteiger partial charge is 0.490 e. The second kappa shape index (κ2) is 6.69. The number of ether oxygens (including phenoxy) is 1. The van der Waals surface area contributed by atoms with Crippen LogP contribution in [0.2, 0.25) is 0 Å². The zero-order valence-corrected chi connectivity index (χ0v) is 15.1. The quantitative estimate of drug-likeness (QED) is 0.759. The second-order valence-electron chi connectivity index (χ2n) is 7.42. The minimum absolute atomic E-state index is 0.0107. The summed E-state index contributed by atoms with van der Waals surface area (Å²) in [6, 6.07) is 9.86. The summed E-state index contributed by atoms with van der Waals surface area (Å²) in [5.41, 5.74) is 0.505. The summed E-state index contributed by atoms with van der Waals surface area (Å²) < 4.78 is 6.31. The van der Waals surface area contributed by atoms with Crippen LogP contribution < -0.4 is 0 Å². The number of pyridine rings is 1. The van der Waals surface area contributed by atoms with Crippen LogP contribution in [0.25, 0.3) is 10.8 Å². The molecule has 0 spiro atoms. The molecule has 1 saturated heterocycles. The number of benzene rings is 1. The third-order valence-corrected chi connectivity index (χ3v) is 5.76. The molecule has 0 bridgehead atoms. The van der Waals surface area contributed by atoms with Crippen molar-refractivity contribution in [2.75, 3.05) is 0 Å². The lowest BCUT2D eigenvalue weighted by atomic mass is 9.87. The number of aromatic nitrogens is 1. The van der Waals surface area contributed by atoms with Crippen molar-refractivity contribution in [1.29, 1.82) is 0 Å². The number of hydrogen-bond acceptors (Lipinski definition) is 3. The maximum atomic E-state index is 13.6. The SMILES string of the molecule is O=C(c1cc2ccccc2cn1)N1[C@@H]2CCCC[C@H]2OC2=CC=CC=C[C@@H]21. The molecule has 5 rings (SSSR count). The maximum Gasteiger partial charge on any atom is 0.273 e. The van der Waals surface area contributed by atoms with E-state index in [2.05, 4.69) is 11.1 Å². The zero-order valence-electron chi connectivity index (χ0n) is 15.1. The third kappa shape index (κ3) is 2.85. The van der Waals surface area contributed by atoms with E-state index < -0.39 is 0 Å². The van der Waals surface area contributed by atoms with Crippen molar-refractivity contribution in [3.05, 3.63) is 78.4 Å². The Balaban J connectivity index is 1.57. The average Bonchev–Trinajstić information content (AvgIpc) is 2.96. The number of amides is 1. The van der Waals surface area contributed by atoms with E-state index in [-0.39, 0.29) is 24.1 Å². The molecule has 1 aromatic carbocycles. The van der Waals surface area contributed by atoms with E-state index in [1.807, 2.05) is 59.5 Å². The predicted octanol–water partition coefficient (Wildman–Crippen LogP) is 4.40. The molecule has 2 aliphatic carbocycles. The normalized spacial score (nSPS) is 26.6. The van der Waals surface area contributed by atoms with Crippen molar-refractivity contribution in [3.8, 4) is 0 Å². The summed E-state index contributed by atoms with van der Waals surface area (Å²) in [4.78, 5) is 20.1. The lowest BCUT2D eigenvalue weighted by Gasteiger charge is -2.48. The molecular formula is C23H22N2O2. The summed E-state index contributed by atoms with van der Waals surface area (Å²) in [5, 5.41) is 2.09. The van der Waals surface area contributed by atoms with Crippen LogP contribution in [0.1, 0.15) is 36.2 Å². The van der Waals surface area contributed by atoms with Crippen LogP contribution in [0.5, 0.6) is 0 Å². The van der Waals surface area contributed by atoms with Crippen LogP contribution in [0.3, 0.4) is 0 Å². The molecule has 0 radical (unpaired) electrons. The van der Waals surface area contributed by atoms with Gasteiger partial charge in [0.25, 0.3) is 5.91 Å². The summed E-state index contributed by atoms with van der Waals surface area (Å²) >= 11 is 0. The first kappa shape index (κ1) is 16.3. The van der Waals surface area contributed by atoms with Gasteiger partial charge in [0.2, 0.25) is 0 Å². The molecule has 136 valence electrons. The number of morpholine rings is 1. The van der Waals surface area contributed by atoms with E-state index in [1.54, 1.807) is 6.20 Å². The van der Waals surface area contributed by atoms with Crippen LogP contribution in [0.4, 0.5) is 0 Å². The molecular weight excluding hydrogens is 336 g/mol.